The van der Waals surface area contributed by atoms with Crippen molar-refractivity contribution in [3.05, 3.63) is 18.0 Å². The Morgan fingerprint density at radius 2 is 1.86 bits per heavy atom. The average Bonchev–Trinajstić information content (AvgIpc) is 2.61. The van der Waals surface area contributed by atoms with Crippen molar-refractivity contribution >= 4 is 29.2 Å². The van der Waals surface area contributed by atoms with E-state index in [1.165, 1.54) is 38.3 Å². The third-order valence-electron chi connectivity index (χ3n) is 5.08. The third kappa shape index (κ3) is 6.51. The van der Waals surface area contributed by atoms with Crippen LogP contribution in [-0.2, 0) is 9.59 Å². The molecule has 0 spiro atoms. The summed E-state index contributed by atoms with van der Waals surface area (Å²) in [6.45, 7) is 3.56. The summed E-state index contributed by atoms with van der Waals surface area (Å²) in [7, 11) is 0. The van der Waals surface area contributed by atoms with E-state index in [0.717, 1.165) is 12.6 Å². The molecule has 2 rings (SSSR count). The summed E-state index contributed by atoms with van der Waals surface area (Å²) in [5.74, 6) is -1.03. The minimum absolute atomic E-state index is 0.0267. The van der Waals surface area contributed by atoms with Crippen molar-refractivity contribution in [3.8, 4) is 0 Å². The quantitative estimate of drug-likeness (QED) is 0.539. The van der Waals surface area contributed by atoms with E-state index >= 15 is 0 Å². The van der Waals surface area contributed by atoms with Crippen molar-refractivity contribution in [2.75, 3.05) is 11.1 Å². The molecule has 1 aliphatic rings. The largest absolute Gasteiger partial charge is 0.478 e. The molecule has 5 N–H and O–H groups in total. The second-order valence-electron chi connectivity index (χ2n) is 8.15. The van der Waals surface area contributed by atoms with E-state index in [1.807, 2.05) is 0 Å². The molecule has 0 radical (unpaired) electrons. The zero-order valence-corrected chi connectivity index (χ0v) is 16.6. The highest BCUT2D eigenvalue weighted by Gasteiger charge is 2.25. The minimum atomic E-state index is -1.22. The van der Waals surface area contributed by atoms with E-state index in [0.29, 0.717) is 12.3 Å². The summed E-state index contributed by atoms with van der Waals surface area (Å²) in [5, 5.41) is 14.6. The first-order valence-electron chi connectivity index (χ1n) is 9.75. The Kier molecular flexibility index (Phi) is 7.37. The van der Waals surface area contributed by atoms with Gasteiger partial charge in [0, 0.05) is 24.6 Å². The lowest BCUT2D eigenvalue weighted by Gasteiger charge is -2.27. The van der Waals surface area contributed by atoms with Crippen LogP contribution >= 0.6 is 0 Å². The predicted molar refractivity (Wildman–Crippen MR) is 107 cm³/mol. The highest BCUT2D eigenvalue weighted by molar-refractivity contribution is 6.01. The van der Waals surface area contributed by atoms with Gasteiger partial charge in [-0.1, -0.05) is 32.1 Å². The molecule has 1 aromatic rings. The predicted octanol–water partition coefficient (Wildman–Crippen LogP) is 2.95. The first kappa shape index (κ1) is 21.7. The van der Waals surface area contributed by atoms with Crippen LogP contribution in [0.1, 0.15) is 75.6 Å². The first-order valence-corrected chi connectivity index (χ1v) is 9.75. The summed E-state index contributed by atoms with van der Waals surface area (Å²) in [4.78, 5) is 39.5. The van der Waals surface area contributed by atoms with Crippen molar-refractivity contribution in [2.24, 2.45) is 5.92 Å². The number of rotatable bonds is 8. The third-order valence-corrected chi connectivity index (χ3v) is 5.08. The standard InChI is InChI=1S/C20H30N4O4/c1-20(2,24-16(25)9-8-13-6-4-3-5-7-13)10-17(26)23-15-12-22-11-14(18(15)21)19(27)28/h11-13H,3-10H2,1-2H3,(H2,21,22)(H,23,26)(H,24,25)(H,27,28). The molecule has 0 saturated heterocycles. The Balaban J connectivity index is 1.85. The van der Waals surface area contributed by atoms with Crippen molar-refractivity contribution in [2.45, 2.75) is 70.8 Å². The highest BCUT2D eigenvalue weighted by Crippen LogP contribution is 2.27. The molecule has 8 heteroatoms. The van der Waals surface area contributed by atoms with Crippen LogP contribution in [0.3, 0.4) is 0 Å². The van der Waals surface area contributed by atoms with Crippen LogP contribution in [-0.4, -0.2) is 33.4 Å². The summed E-state index contributed by atoms with van der Waals surface area (Å²) in [5.41, 5.74) is 4.97. The van der Waals surface area contributed by atoms with Crippen LogP contribution in [0.2, 0.25) is 0 Å². The van der Waals surface area contributed by atoms with Gasteiger partial charge in [-0.15, -0.1) is 0 Å². The van der Waals surface area contributed by atoms with Crippen LogP contribution < -0.4 is 16.4 Å². The van der Waals surface area contributed by atoms with Crippen molar-refractivity contribution in [1.29, 1.82) is 0 Å². The van der Waals surface area contributed by atoms with Gasteiger partial charge in [0.2, 0.25) is 11.8 Å². The van der Waals surface area contributed by atoms with Gasteiger partial charge in [0.15, 0.2) is 0 Å². The van der Waals surface area contributed by atoms with Gasteiger partial charge in [0.1, 0.15) is 5.56 Å². The van der Waals surface area contributed by atoms with Crippen molar-refractivity contribution in [1.82, 2.24) is 10.3 Å². The number of carboxylic acids is 1. The summed E-state index contributed by atoms with van der Waals surface area (Å²) in [6.07, 6.45) is 10.00. The van der Waals surface area contributed by atoms with Gasteiger partial charge in [0.05, 0.1) is 17.6 Å². The van der Waals surface area contributed by atoms with Gasteiger partial charge in [-0.25, -0.2) is 4.79 Å². The van der Waals surface area contributed by atoms with Crippen LogP contribution in [0.25, 0.3) is 0 Å². The number of carbonyl (C=O) groups is 3. The molecule has 0 bridgehead atoms. The molecular weight excluding hydrogens is 360 g/mol. The Labute approximate surface area is 165 Å². The molecule has 1 heterocycles. The summed E-state index contributed by atoms with van der Waals surface area (Å²) < 4.78 is 0. The fourth-order valence-electron chi connectivity index (χ4n) is 3.63. The Hall–Kier alpha value is -2.64. The minimum Gasteiger partial charge on any atom is -0.478 e. The van der Waals surface area contributed by atoms with Gasteiger partial charge in [-0.2, -0.15) is 0 Å². The molecule has 2 amide bonds. The lowest BCUT2D eigenvalue weighted by atomic mass is 9.86. The van der Waals surface area contributed by atoms with E-state index in [4.69, 9.17) is 10.8 Å². The highest BCUT2D eigenvalue weighted by atomic mass is 16.4. The number of nitrogens with two attached hydrogens (primary N) is 1. The molecule has 8 nitrogen and oxygen atoms in total. The SMILES string of the molecule is CC(C)(CC(=O)Nc1cncc(C(=O)O)c1N)NC(=O)CCC1CCCCC1. The number of aromatic carboxylic acids is 1. The molecule has 0 unspecified atom stereocenters. The summed E-state index contributed by atoms with van der Waals surface area (Å²) in [6, 6.07) is 0. The number of anilines is 2. The number of pyridine rings is 1. The second kappa shape index (κ2) is 9.52. The maximum atomic E-state index is 12.4. The lowest BCUT2D eigenvalue weighted by Crippen LogP contribution is -2.45. The van der Waals surface area contributed by atoms with Crippen molar-refractivity contribution < 1.29 is 19.5 Å². The summed E-state index contributed by atoms with van der Waals surface area (Å²) >= 11 is 0. The maximum Gasteiger partial charge on any atom is 0.339 e. The van der Waals surface area contributed by atoms with E-state index < -0.39 is 11.5 Å². The Bertz CT molecular complexity index is 727. The molecule has 0 atom stereocenters. The number of nitrogen functional groups attached to an aromatic ring is 1. The monoisotopic (exact) mass is 390 g/mol. The van der Waals surface area contributed by atoms with Gasteiger partial charge in [-0.05, 0) is 26.2 Å². The number of aromatic nitrogens is 1. The average molecular weight is 390 g/mol. The second-order valence-corrected chi connectivity index (χ2v) is 8.15. The number of hydrogen-bond acceptors (Lipinski definition) is 5. The van der Waals surface area contributed by atoms with E-state index in [1.54, 1.807) is 13.8 Å². The number of carboxylic acid groups (broad SMARTS) is 1. The van der Waals surface area contributed by atoms with Gasteiger partial charge < -0.3 is 21.5 Å². The number of amides is 2. The molecule has 1 aliphatic carbocycles. The smallest absolute Gasteiger partial charge is 0.339 e. The molecule has 28 heavy (non-hydrogen) atoms. The molecule has 1 saturated carbocycles. The normalized spacial score (nSPS) is 15.1. The first-order chi connectivity index (χ1) is 13.2. The molecule has 1 fully saturated rings. The molecular formula is C20H30N4O4. The number of hydrogen-bond donors (Lipinski definition) is 4. The van der Waals surface area contributed by atoms with Crippen LogP contribution in [0.15, 0.2) is 12.4 Å². The molecule has 0 aromatic carbocycles. The fraction of sp³-hybridized carbons (Fsp3) is 0.600. The van der Waals surface area contributed by atoms with Crippen LogP contribution in [0, 0.1) is 5.92 Å². The fourth-order valence-corrected chi connectivity index (χ4v) is 3.63. The molecule has 154 valence electrons. The topological polar surface area (TPSA) is 134 Å². The number of nitrogens with zero attached hydrogens (tertiary/aromatic N) is 1. The van der Waals surface area contributed by atoms with E-state index in [2.05, 4.69) is 15.6 Å². The molecule has 1 aromatic heterocycles. The van der Waals surface area contributed by atoms with Crippen LogP contribution in [0.4, 0.5) is 11.4 Å². The van der Waals surface area contributed by atoms with E-state index in [9.17, 15) is 14.4 Å². The lowest BCUT2D eigenvalue weighted by molar-refractivity contribution is -0.124. The zero-order chi connectivity index (χ0) is 20.7. The zero-order valence-electron chi connectivity index (χ0n) is 16.6. The Morgan fingerprint density at radius 3 is 2.50 bits per heavy atom. The van der Waals surface area contributed by atoms with Gasteiger partial charge in [-0.3, -0.25) is 14.6 Å². The Morgan fingerprint density at radius 1 is 1.18 bits per heavy atom. The van der Waals surface area contributed by atoms with Crippen molar-refractivity contribution in [3.63, 3.8) is 0 Å². The maximum absolute atomic E-state index is 12.4. The van der Waals surface area contributed by atoms with Crippen LogP contribution in [0.5, 0.6) is 0 Å². The number of carbonyl (C=O) groups excluding carboxylic acids is 2. The molecule has 0 aliphatic heterocycles. The number of nitrogens with one attached hydrogen (secondary N) is 2. The van der Waals surface area contributed by atoms with Gasteiger partial charge >= 0.3 is 5.97 Å². The van der Waals surface area contributed by atoms with E-state index in [-0.39, 0.29) is 35.2 Å². The van der Waals surface area contributed by atoms with Gasteiger partial charge in [0.25, 0.3) is 0 Å².